The number of nitrogens with zero attached hydrogens (tertiary/aromatic N) is 2. The molecule has 0 spiro atoms. The largest absolute Gasteiger partial charge is 0.358 e. The van der Waals surface area contributed by atoms with Crippen LogP contribution in [0.25, 0.3) is 0 Å². The minimum atomic E-state index is -0.530. The summed E-state index contributed by atoms with van der Waals surface area (Å²) in [5, 5.41) is 13.9. The molecule has 2 N–H and O–H groups in total. The van der Waals surface area contributed by atoms with Crippen LogP contribution in [0.3, 0.4) is 0 Å². The minimum absolute atomic E-state index is 0. The molecule has 1 amide bonds. The first-order chi connectivity index (χ1) is 9.13. The van der Waals surface area contributed by atoms with E-state index in [1.165, 1.54) is 12.1 Å². The SMILES string of the molecule is CCCN(C(=O)c1ccc([N+](=O)[O-])[nH]1)C1CCNC1.Cl. The highest BCUT2D eigenvalue weighted by Gasteiger charge is 2.29. The monoisotopic (exact) mass is 302 g/mol. The molecule has 1 aromatic heterocycles. The van der Waals surface area contributed by atoms with E-state index in [0.717, 1.165) is 25.9 Å². The van der Waals surface area contributed by atoms with Crippen molar-refractivity contribution in [2.24, 2.45) is 0 Å². The summed E-state index contributed by atoms with van der Waals surface area (Å²) in [6.45, 7) is 4.37. The second-order valence-electron chi connectivity index (χ2n) is 4.66. The number of H-pyrrole nitrogens is 1. The molecule has 20 heavy (non-hydrogen) atoms. The first kappa shape index (κ1) is 16.5. The van der Waals surface area contributed by atoms with Crippen molar-refractivity contribution in [1.29, 1.82) is 0 Å². The van der Waals surface area contributed by atoms with E-state index in [4.69, 9.17) is 0 Å². The van der Waals surface area contributed by atoms with Crippen LogP contribution in [0.2, 0.25) is 0 Å². The molecule has 2 rings (SSSR count). The maximum atomic E-state index is 12.4. The van der Waals surface area contributed by atoms with E-state index >= 15 is 0 Å². The van der Waals surface area contributed by atoms with Crippen LogP contribution in [-0.2, 0) is 0 Å². The summed E-state index contributed by atoms with van der Waals surface area (Å²) in [5.74, 6) is -0.312. The van der Waals surface area contributed by atoms with Gasteiger partial charge in [-0.1, -0.05) is 6.92 Å². The third kappa shape index (κ3) is 3.49. The Hall–Kier alpha value is -1.60. The van der Waals surface area contributed by atoms with Gasteiger partial charge in [-0.05, 0) is 30.4 Å². The van der Waals surface area contributed by atoms with Crippen molar-refractivity contribution in [2.75, 3.05) is 19.6 Å². The van der Waals surface area contributed by atoms with Crippen molar-refractivity contribution in [3.8, 4) is 0 Å². The van der Waals surface area contributed by atoms with E-state index in [9.17, 15) is 14.9 Å². The number of amides is 1. The van der Waals surface area contributed by atoms with E-state index in [1.54, 1.807) is 4.90 Å². The highest BCUT2D eigenvalue weighted by Crippen LogP contribution is 2.16. The van der Waals surface area contributed by atoms with Gasteiger partial charge in [0.05, 0.1) is 0 Å². The van der Waals surface area contributed by atoms with E-state index in [-0.39, 0.29) is 35.9 Å². The van der Waals surface area contributed by atoms with Gasteiger partial charge < -0.3 is 20.3 Å². The molecule has 1 fully saturated rings. The van der Waals surface area contributed by atoms with E-state index in [2.05, 4.69) is 10.3 Å². The van der Waals surface area contributed by atoms with Crippen LogP contribution in [0.15, 0.2) is 12.1 Å². The smallest absolute Gasteiger partial charge is 0.321 e. The topological polar surface area (TPSA) is 91.3 Å². The zero-order valence-corrected chi connectivity index (χ0v) is 12.1. The lowest BCUT2D eigenvalue weighted by atomic mass is 10.2. The number of halogens is 1. The summed E-state index contributed by atoms with van der Waals surface area (Å²) >= 11 is 0. The fourth-order valence-electron chi connectivity index (χ4n) is 2.37. The van der Waals surface area contributed by atoms with Gasteiger partial charge in [-0.2, -0.15) is 0 Å². The van der Waals surface area contributed by atoms with Gasteiger partial charge in [0.15, 0.2) is 5.69 Å². The maximum absolute atomic E-state index is 12.4. The number of hydrogen-bond donors (Lipinski definition) is 2. The van der Waals surface area contributed by atoms with Crippen molar-refractivity contribution in [3.05, 3.63) is 27.9 Å². The first-order valence-electron chi connectivity index (χ1n) is 6.48. The molecular formula is C12H19ClN4O3. The number of aromatic nitrogens is 1. The van der Waals surface area contributed by atoms with Crippen LogP contribution >= 0.6 is 12.4 Å². The second-order valence-corrected chi connectivity index (χ2v) is 4.66. The zero-order chi connectivity index (χ0) is 13.8. The number of carbonyl (C=O) groups excluding carboxylic acids is 1. The molecule has 2 heterocycles. The number of nitro groups is 1. The van der Waals surface area contributed by atoms with Crippen molar-refractivity contribution in [1.82, 2.24) is 15.2 Å². The quantitative estimate of drug-likeness (QED) is 0.638. The molecule has 1 atom stereocenters. The normalized spacial score (nSPS) is 17.6. The van der Waals surface area contributed by atoms with Crippen LogP contribution in [0, 0.1) is 10.1 Å². The van der Waals surface area contributed by atoms with E-state index < -0.39 is 4.92 Å². The highest BCUT2D eigenvalue weighted by atomic mass is 35.5. The molecular weight excluding hydrogens is 284 g/mol. The standard InChI is InChI=1S/C12H18N4O3.ClH/c1-2-7-15(9-5-6-13-8-9)12(17)10-3-4-11(14-10)16(18)19;/h3-4,9,13-14H,2,5-8H2,1H3;1H. The molecule has 0 saturated carbocycles. The molecule has 7 nitrogen and oxygen atoms in total. The summed E-state index contributed by atoms with van der Waals surface area (Å²) in [4.78, 5) is 26.9. The molecule has 1 aliphatic rings. The Labute approximate surface area is 123 Å². The number of rotatable bonds is 5. The van der Waals surface area contributed by atoms with E-state index in [1.807, 2.05) is 6.92 Å². The lowest BCUT2D eigenvalue weighted by Crippen LogP contribution is -2.42. The van der Waals surface area contributed by atoms with E-state index in [0.29, 0.717) is 6.54 Å². The first-order valence-corrected chi connectivity index (χ1v) is 6.48. The predicted molar refractivity (Wildman–Crippen MR) is 77.3 cm³/mol. The number of carbonyl (C=O) groups is 1. The van der Waals surface area contributed by atoms with Crippen LogP contribution in [0.5, 0.6) is 0 Å². The number of aromatic amines is 1. The number of hydrogen-bond acceptors (Lipinski definition) is 4. The van der Waals surface area contributed by atoms with Gasteiger partial charge in [0, 0.05) is 25.2 Å². The van der Waals surface area contributed by atoms with Gasteiger partial charge in [0.1, 0.15) is 0 Å². The Kier molecular flexibility index (Phi) is 5.97. The third-order valence-electron chi connectivity index (χ3n) is 3.30. The van der Waals surface area contributed by atoms with Crippen LogP contribution in [0.1, 0.15) is 30.3 Å². The lowest BCUT2D eigenvalue weighted by molar-refractivity contribution is -0.389. The molecule has 1 saturated heterocycles. The van der Waals surface area contributed by atoms with Crippen molar-refractivity contribution in [3.63, 3.8) is 0 Å². The molecule has 8 heteroatoms. The maximum Gasteiger partial charge on any atom is 0.321 e. The van der Waals surface area contributed by atoms with Crippen molar-refractivity contribution < 1.29 is 9.72 Å². The third-order valence-corrected chi connectivity index (χ3v) is 3.30. The molecule has 0 bridgehead atoms. The van der Waals surface area contributed by atoms with Crippen LogP contribution in [-0.4, -0.2) is 46.4 Å². The Morgan fingerprint density at radius 3 is 2.80 bits per heavy atom. The Bertz CT molecular complexity index is 471. The minimum Gasteiger partial charge on any atom is -0.358 e. The molecule has 0 aromatic carbocycles. The van der Waals surface area contributed by atoms with Crippen molar-refractivity contribution >= 4 is 24.1 Å². The summed E-state index contributed by atoms with van der Waals surface area (Å²) in [5.41, 5.74) is 0.284. The molecule has 112 valence electrons. The summed E-state index contributed by atoms with van der Waals surface area (Å²) < 4.78 is 0. The highest BCUT2D eigenvalue weighted by molar-refractivity contribution is 5.93. The summed E-state index contributed by atoms with van der Waals surface area (Å²) in [6, 6.07) is 2.98. The molecule has 1 aromatic rings. The van der Waals surface area contributed by atoms with Gasteiger partial charge in [-0.25, -0.2) is 4.98 Å². The fraction of sp³-hybridized carbons (Fsp3) is 0.583. The summed E-state index contributed by atoms with van der Waals surface area (Å²) in [7, 11) is 0. The Morgan fingerprint density at radius 2 is 2.30 bits per heavy atom. The van der Waals surface area contributed by atoms with Gasteiger partial charge in [0.2, 0.25) is 0 Å². The van der Waals surface area contributed by atoms with Crippen LogP contribution < -0.4 is 5.32 Å². The molecule has 1 unspecified atom stereocenters. The summed E-state index contributed by atoms with van der Waals surface area (Å²) in [6.07, 6.45) is 1.79. The Morgan fingerprint density at radius 1 is 1.55 bits per heavy atom. The number of nitrogens with one attached hydrogen (secondary N) is 2. The Balaban J connectivity index is 0.00000200. The fourth-order valence-corrected chi connectivity index (χ4v) is 2.37. The second kappa shape index (κ2) is 7.25. The van der Waals surface area contributed by atoms with Crippen LogP contribution in [0.4, 0.5) is 5.82 Å². The average molecular weight is 303 g/mol. The lowest BCUT2D eigenvalue weighted by Gasteiger charge is -2.27. The molecule has 1 aliphatic heterocycles. The predicted octanol–water partition coefficient (Wildman–Crippen LogP) is 1.56. The van der Waals surface area contributed by atoms with Gasteiger partial charge >= 0.3 is 5.82 Å². The van der Waals surface area contributed by atoms with Gasteiger partial charge in [-0.3, -0.25) is 4.79 Å². The molecule has 0 aliphatic carbocycles. The van der Waals surface area contributed by atoms with Crippen molar-refractivity contribution in [2.45, 2.75) is 25.8 Å². The van der Waals surface area contributed by atoms with Gasteiger partial charge in [0.25, 0.3) is 5.91 Å². The molecule has 0 radical (unpaired) electrons. The van der Waals surface area contributed by atoms with Gasteiger partial charge in [-0.15, -0.1) is 12.4 Å². The average Bonchev–Trinajstić information content (AvgIpc) is 3.05. The zero-order valence-electron chi connectivity index (χ0n) is 11.3.